The highest BCUT2D eigenvalue weighted by Gasteiger charge is 2.08. The van der Waals surface area contributed by atoms with Crippen LogP contribution in [0.25, 0.3) is 10.9 Å². The third-order valence-corrected chi connectivity index (χ3v) is 2.64. The number of nitrogens with two attached hydrogens (primary N) is 1. The minimum Gasteiger partial charge on any atom is -0.324 e. The van der Waals surface area contributed by atoms with E-state index in [1.807, 2.05) is 0 Å². The minimum atomic E-state index is -0.122. The fourth-order valence-corrected chi connectivity index (χ4v) is 1.70. The van der Waals surface area contributed by atoms with Crippen molar-refractivity contribution in [1.82, 2.24) is 9.55 Å². The van der Waals surface area contributed by atoms with Gasteiger partial charge in [-0.05, 0) is 12.1 Å². The van der Waals surface area contributed by atoms with Gasteiger partial charge in [-0.1, -0.05) is 17.7 Å². The van der Waals surface area contributed by atoms with Gasteiger partial charge in [-0.25, -0.2) is 4.98 Å². The van der Waals surface area contributed by atoms with Crippen LogP contribution in [0.2, 0.25) is 5.02 Å². The second kappa shape index (κ2) is 3.64. The number of para-hydroxylation sites is 1. The molecule has 0 aliphatic heterocycles. The lowest BCUT2D eigenvalue weighted by atomic mass is 10.2. The van der Waals surface area contributed by atoms with Crippen LogP contribution in [0.4, 0.5) is 0 Å². The van der Waals surface area contributed by atoms with Crippen LogP contribution in [0.1, 0.15) is 5.82 Å². The summed E-state index contributed by atoms with van der Waals surface area (Å²) in [6.07, 6.45) is 0. The Morgan fingerprint density at radius 3 is 2.93 bits per heavy atom. The predicted molar refractivity (Wildman–Crippen MR) is 59.9 cm³/mol. The second-order valence-electron chi connectivity index (χ2n) is 3.23. The Morgan fingerprint density at radius 1 is 1.53 bits per heavy atom. The molecule has 0 spiro atoms. The molecule has 2 N–H and O–H groups in total. The van der Waals surface area contributed by atoms with E-state index in [4.69, 9.17) is 17.3 Å². The number of hydrogen-bond donors (Lipinski definition) is 1. The monoisotopic (exact) mass is 223 g/mol. The standard InChI is InChI=1S/C10H10ClN3O/c1-14-8(5-12)13-9-6(10(14)15)3-2-4-7(9)11/h2-4H,5,12H2,1H3. The normalized spacial score (nSPS) is 10.9. The Balaban J connectivity index is 2.98. The fourth-order valence-electron chi connectivity index (χ4n) is 1.49. The molecule has 5 heteroatoms. The summed E-state index contributed by atoms with van der Waals surface area (Å²) in [7, 11) is 1.65. The number of hydrogen-bond acceptors (Lipinski definition) is 3. The first-order chi connectivity index (χ1) is 7.15. The molecule has 2 aromatic rings. The van der Waals surface area contributed by atoms with Crippen LogP contribution >= 0.6 is 11.6 Å². The van der Waals surface area contributed by atoms with Crippen LogP contribution in [-0.2, 0) is 13.6 Å². The molecular formula is C10H10ClN3O. The average Bonchev–Trinajstić information content (AvgIpc) is 2.24. The van der Waals surface area contributed by atoms with Crippen LogP contribution in [0.3, 0.4) is 0 Å². The molecule has 1 aromatic carbocycles. The summed E-state index contributed by atoms with van der Waals surface area (Å²) in [5, 5.41) is 0.988. The van der Waals surface area contributed by atoms with Gasteiger partial charge in [0.2, 0.25) is 0 Å². The number of halogens is 1. The van der Waals surface area contributed by atoms with E-state index in [9.17, 15) is 4.79 Å². The molecule has 2 rings (SSSR count). The van der Waals surface area contributed by atoms with Crippen molar-refractivity contribution < 1.29 is 0 Å². The molecule has 0 aliphatic carbocycles. The summed E-state index contributed by atoms with van der Waals surface area (Å²) in [5.41, 5.74) is 5.89. The van der Waals surface area contributed by atoms with Crippen molar-refractivity contribution in [3.8, 4) is 0 Å². The Hall–Kier alpha value is -1.39. The molecule has 0 unspecified atom stereocenters. The van der Waals surface area contributed by atoms with Crippen molar-refractivity contribution in [2.24, 2.45) is 12.8 Å². The van der Waals surface area contributed by atoms with E-state index >= 15 is 0 Å². The van der Waals surface area contributed by atoms with Gasteiger partial charge in [-0.2, -0.15) is 0 Å². The highest BCUT2D eigenvalue weighted by atomic mass is 35.5. The fraction of sp³-hybridized carbons (Fsp3) is 0.200. The molecule has 0 fully saturated rings. The maximum atomic E-state index is 11.9. The number of fused-ring (bicyclic) bond motifs is 1. The minimum absolute atomic E-state index is 0.122. The molecule has 0 aliphatic rings. The molecule has 78 valence electrons. The van der Waals surface area contributed by atoms with Gasteiger partial charge >= 0.3 is 0 Å². The van der Waals surface area contributed by atoms with E-state index in [2.05, 4.69) is 4.98 Å². The lowest BCUT2D eigenvalue weighted by molar-refractivity contribution is 0.742. The zero-order valence-corrected chi connectivity index (χ0v) is 8.95. The lowest BCUT2D eigenvalue weighted by Crippen LogP contribution is -2.24. The molecule has 1 heterocycles. The van der Waals surface area contributed by atoms with Crippen molar-refractivity contribution in [2.75, 3.05) is 0 Å². The number of aromatic nitrogens is 2. The molecule has 0 radical (unpaired) electrons. The van der Waals surface area contributed by atoms with E-state index in [0.29, 0.717) is 21.7 Å². The van der Waals surface area contributed by atoms with Crippen LogP contribution in [0, 0.1) is 0 Å². The van der Waals surface area contributed by atoms with Crippen molar-refractivity contribution in [1.29, 1.82) is 0 Å². The molecule has 0 bridgehead atoms. The summed E-state index contributed by atoms with van der Waals surface area (Å²) in [4.78, 5) is 16.1. The van der Waals surface area contributed by atoms with Crippen molar-refractivity contribution in [2.45, 2.75) is 6.54 Å². The highest BCUT2D eigenvalue weighted by Crippen LogP contribution is 2.18. The molecule has 0 atom stereocenters. The zero-order chi connectivity index (χ0) is 11.0. The maximum absolute atomic E-state index is 11.9. The summed E-state index contributed by atoms with van der Waals surface area (Å²) in [5.74, 6) is 0.528. The third kappa shape index (κ3) is 1.52. The average molecular weight is 224 g/mol. The van der Waals surface area contributed by atoms with Gasteiger partial charge < -0.3 is 5.73 Å². The Labute approximate surface area is 91.3 Å². The second-order valence-corrected chi connectivity index (χ2v) is 3.64. The smallest absolute Gasteiger partial charge is 0.261 e. The Morgan fingerprint density at radius 2 is 2.27 bits per heavy atom. The number of benzene rings is 1. The molecule has 15 heavy (non-hydrogen) atoms. The van der Waals surface area contributed by atoms with Crippen LogP contribution in [0.15, 0.2) is 23.0 Å². The van der Waals surface area contributed by atoms with Crippen LogP contribution in [0.5, 0.6) is 0 Å². The SMILES string of the molecule is Cn1c(CN)nc2c(Cl)cccc2c1=O. The molecule has 4 nitrogen and oxygen atoms in total. The number of rotatable bonds is 1. The summed E-state index contributed by atoms with van der Waals surface area (Å²) in [6, 6.07) is 5.14. The van der Waals surface area contributed by atoms with Crippen molar-refractivity contribution in [3.63, 3.8) is 0 Å². The van der Waals surface area contributed by atoms with E-state index in [-0.39, 0.29) is 12.1 Å². The van der Waals surface area contributed by atoms with E-state index in [0.717, 1.165) is 0 Å². The van der Waals surface area contributed by atoms with Crippen LogP contribution in [-0.4, -0.2) is 9.55 Å². The summed E-state index contributed by atoms with van der Waals surface area (Å²) >= 11 is 5.96. The first kappa shape index (κ1) is 10.1. The van der Waals surface area contributed by atoms with E-state index < -0.39 is 0 Å². The van der Waals surface area contributed by atoms with Gasteiger partial charge in [0.15, 0.2) is 0 Å². The molecule has 0 saturated carbocycles. The van der Waals surface area contributed by atoms with Gasteiger partial charge in [0.1, 0.15) is 5.82 Å². The topological polar surface area (TPSA) is 60.9 Å². The van der Waals surface area contributed by atoms with Gasteiger partial charge in [0.25, 0.3) is 5.56 Å². The largest absolute Gasteiger partial charge is 0.324 e. The first-order valence-electron chi connectivity index (χ1n) is 4.49. The molecule has 1 aromatic heterocycles. The zero-order valence-electron chi connectivity index (χ0n) is 8.20. The third-order valence-electron chi connectivity index (χ3n) is 2.33. The predicted octanol–water partition coefficient (Wildman–Crippen LogP) is 1.05. The quantitative estimate of drug-likeness (QED) is 0.786. The van der Waals surface area contributed by atoms with Crippen molar-refractivity contribution >= 4 is 22.5 Å². The van der Waals surface area contributed by atoms with Crippen LogP contribution < -0.4 is 11.3 Å². The van der Waals surface area contributed by atoms with Gasteiger partial charge in [-0.15, -0.1) is 0 Å². The van der Waals surface area contributed by atoms with E-state index in [1.165, 1.54) is 4.57 Å². The maximum Gasteiger partial charge on any atom is 0.261 e. The number of nitrogens with zero attached hydrogens (tertiary/aromatic N) is 2. The Bertz CT molecular complexity index is 577. The van der Waals surface area contributed by atoms with Gasteiger partial charge in [-0.3, -0.25) is 9.36 Å². The lowest BCUT2D eigenvalue weighted by Gasteiger charge is -2.07. The summed E-state index contributed by atoms with van der Waals surface area (Å²) in [6.45, 7) is 0.215. The van der Waals surface area contributed by atoms with E-state index in [1.54, 1.807) is 25.2 Å². The molecule has 0 amide bonds. The van der Waals surface area contributed by atoms with Gasteiger partial charge in [0.05, 0.1) is 22.5 Å². The Kier molecular flexibility index (Phi) is 2.46. The highest BCUT2D eigenvalue weighted by molar-refractivity contribution is 6.34. The summed E-state index contributed by atoms with van der Waals surface area (Å²) < 4.78 is 1.44. The molecule has 0 saturated heterocycles. The molecular weight excluding hydrogens is 214 g/mol. The van der Waals surface area contributed by atoms with Crippen molar-refractivity contribution in [3.05, 3.63) is 39.4 Å². The van der Waals surface area contributed by atoms with Gasteiger partial charge in [0, 0.05) is 7.05 Å². The first-order valence-corrected chi connectivity index (χ1v) is 4.87.